The summed E-state index contributed by atoms with van der Waals surface area (Å²) in [6.45, 7) is 5.37. The third-order valence-electron chi connectivity index (χ3n) is 4.55. The molecule has 0 unspecified atom stereocenters. The summed E-state index contributed by atoms with van der Waals surface area (Å²) in [5.41, 5.74) is 3.15. The average molecular weight is 315 g/mol. The molecule has 2 aliphatic rings. The largest absolute Gasteiger partial charge is 0.335 e. The maximum Gasteiger partial charge on any atom is 0.317 e. The predicted octanol–water partition coefficient (Wildman–Crippen LogP) is 2.83. The third kappa shape index (κ3) is 4.24. The zero-order valence-electron chi connectivity index (χ0n) is 13.9. The van der Waals surface area contributed by atoms with Crippen molar-refractivity contribution < 1.29 is 9.59 Å². The number of likely N-dealkylation sites (tertiary alicyclic amines) is 1. The van der Waals surface area contributed by atoms with Crippen molar-refractivity contribution >= 4 is 17.6 Å². The molecule has 0 spiro atoms. The van der Waals surface area contributed by atoms with Crippen LogP contribution in [0.25, 0.3) is 0 Å². The van der Waals surface area contributed by atoms with E-state index in [2.05, 4.69) is 16.7 Å². The van der Waals surface area contributed by atoms with Crippen molar-refractivity contribution in [2.75, 3.05) is 18.4 Å². The Kier molecular flexibility index (Phi) is 4.55. The van der Waals surface area contributed by atoms with Gasteiger partial charge in [0.15, 0.2) is 0 Å². The highest BCUT2D eigenvalue weighted by atomic mass is 16.2. The first-order valence-electron chi connectivity index (χ1n) is 8.46. The van der Waals surface area contributed by atoms with Crippen molar-refractivity contribution in [1.29, 1.82) is 0 Å². The van der Waals surface area contributed by atoms with E-state index in [0.717, 1.165) is 42.5 Å². The fourth-order valence-electron chi connectivity index (χ4n) is 3.13. The highest BCUT2D eigenvalue weighted by molar-refractivity contribution is 5.93. The van der Waals surface area contributed by atoms with Crippen molar-refractivity contribution in [3.8, 4) is 0 Å². The molecule has 1 aromatic rings. The fourth-order valence-corrected chi connectivity index (χ4v) is 3.13. The van der Waals surface area contributed by atoms with E-state index in [0.29, 0.717) is 19.1 Å². The van der Waals surface area contributed by atoms with Gasteiger partial charge in [-0.1, -0.05) is 6.07 Å². The summed E-state index contributed by atoms with van der Waals surface area (Å²) >= 11 is 0. The zero-order valence-corrected chi connectivity index (χ0v) is 13.9. The topological polar surface area (TPSA) is 61.4 Å². The first kappa shape index (κ1) is 15.8. The second-order valence-electron chi connectivity index (χ2n) is 6.85. The lowest BCUT2D eigenvalue weighted by Crippen LogP contribution is -2.46. The van der Waals surface area contributed by atoms with Crippen LogP contribution < -0.4 is 10.6 Å². The molecule has 2 N–H and O–H groups in total. The molecule has 3 rings (SSSR count). The van der Waals surface area contributed by atoms with Gasteiger partial charge < -0.3 is 15.5 Å². The number of hydrogen-bond donors (Lipinski definition) is 2. The van der Waals surface area contributed by atoms with Gasteiger partial charge in [-0.3, -0.25) is 4.79 Å². The van der Waals surface area contributed by atoms with Gasteiger partial charge in [-0.2, -0.15) is 0 Å². The van der Waals surface area contributed by atoms with E-state index in [9.17, 15) is 9.59 Å². The molecule has 124 valence electrons. The molecule has 1 saturated heterocycles. The number of benzene rings is 1. The molecule has 1 heterocycles. The van der Waals surface area contributed by atoms with Crippen LogP contribution in [0.3, 0.4) is 0 Å². The summed E-state index contributed by atoms with van der Waals surface area (Å²) in [6.07, 6.45) is 3.66. The number of nitrogens with zero attached hydrogens (tertiary/aromatic N) is 1. The fraction of sp³-hybridized carbons (Fsp3) is 0.556. The first-order valence-corrected chi connectivity index (χ1v) is 8.46. The Morgan fingerprint density at radius 3 is 2.17 bits per heavy atom. The Bertz CT molecular complexity index is 582. The molecule has 1 saturated carbocycles. The molecule has 1 aliphatic carbocycles. The number of piperidine rings is 1. The van der Waals surface area contributed by atoms with Gasteiger partial charge in [0.2, 0.25) is 5.91 Å². The summed E-state index contributed by atoms with van der Waals surface area (Å²) in [5.74, 6) is 0.0537. The van der Waals surface area contributed by atoms with Crippen molar-refractivity contribution in [2.45, 2.75) is 45.6 Å². The summed E-state index contributed by atoms with van der Waals surface area (Å²) in [4.78, 5) is 26.3. The maximum absolute atomic E-state index is 12.4. The predicted molar refractivity (Wildman–Crippen MR) is 90.4 cm³/mol. The Morgan fingerprint density at radius 2 is 1.61 bits per heavy atom. The van der Waals surface area contributed by atoms with Crippen molar-refractivity contribution in [3.63, 3.8) is 0 Å². The van der Waals surface area contributed by atoms with Crippen LogP contribution in [0.15, 0.2) is 18.2 Å². The Labute approximate surface area is 137 Å². The lowest BCUT2D eigenvalue weighted by molar-refractivity contribution is -0.121. The van der Waals surface area contributed by atoms with Gasteiger partial charge in [0, 0.05) is 30.7 Å². The van der Waals surface area contributed by atoms with Crippen molar-refractivity contribution in [3.05, 3.63) is 29.3 Å². The summed E-state index contributed by atoms with van der Waals surface area (Å²) in [6, 6.07) is 6.48. The van der Waals surface area contributed by atoms with Gasteiger partial charge in [-0.25, -0.2) is 4.79 Å². The van der Waals surface area contributed by atoms with Crippen LogP contribution in [-0.4, -0.2) is 36.0 Å². The quantitative estimate of drug-likeness (QED) is 0.901. The van der Waals surface area contributed by atoms with Gasteiger partial charge in [0.25, 0.3) is 0 Å². The van der Waals surface area contributed by atoms with E-state index < -0.39 is 0 Å². The maximum atomic E-state index is 12.4. The Morgan fingerprint density at radius 1 is 1.00 bits per heavy atom. The van der Waals surface area contributed by atoms with Gasteiger partial charge in [0.1, 0.15) is 0 Å². The first-order chi connectivity index (χ1) is 11.0. The number of hydrogen-bond acceptors (Lipinski definition) is 2. The molecule has 1 aromatic carbocycles. The molecule has 1 aliphatic heterocycles. The molecule has 0 radical (unpaired) electrons. The molecule has 2 fully saturated rings. The van der Waals surface area contributed by atoms with Gasteiger partial charge in [0.05, 0.1) is 0 Å². The second kappa shape index (κ2) is 6.60. The van der Waals surface area contributed by atoms with E-state index in [1.165, 1.54) is 0 Å². The van der Waals surface area contributed by atoms with E-state index in [-0.39, 0.29) is 17.9 Å². The van der Waals surface area contributed by atoms with Crippen LogP contribution in [0, 0.1) is 19.8 Å². The molecular weight excluding hydrogens is 290 g/mol. The standard InChI is InChI=1S/C18H25N3O2/c1-12-9-13(2)11-16(10-12)19-17(22)14-5-7-21(8-6-14)18(23)20-15-3-4-15/h9-11,14-15H,3-8H2,1-2H3,(H,19,22)(H,20,23). The van der Waals surface area contributed by atoms with Gasteiger partial charge in [-0.05, 0) is 62.8 Å². The van der Waals surface area contributed by atoms with Crippen LogP contribution >= 0.6 is 0 Å². The number of urea groups is 1. The van der Waals surface area contributed by atoms with Gasteiger partial charge >= 0.3 is 6.03 Å². The van der Waals surface area contributed by atoms with E-state index in [1.54, 1.807) is 0 Å². The van der Waals surface area contributed by atoms with E-state index >= 15 is 0 Å². The molecular formula is C18H25N3O2. The number of aryl methyl sites for hydroxylation is 2. The SMILES string of the molecule is Cc1cc(C)cc(NC(=O)C2CCN(C(=O)NC3CC3)CC2)c1. The van der Waals surface area contributed by atoms with Crippen molar-refractivity contribution in [2.24, 2.45) is 5.92 Å². The number of carbonyl (C=O) groups is 2. The monoisotopic (exact) mass is 315 g/mol. The van der Waals surface area contributed by atoms with Crippen LogP contribution in [0.5, 0.6) is 0 Å². The minimum absolute atomic E-state index is 0.0132. The molecule has 3 amide bonds. The highest BCUT2D eigenvalue weighted by Gasteiger charge is 2.30. The number of carbonyl (C=O) groups excluding carboxylic acids is 2. The second-order valence-corrected chi connectivity index (χ2v) is 6.85. The van der Waals surface area contributed by atoms with Crippen LogP contribution in [0.1, 0.15) is 36.8 Å². The number of rotatable bonds is 3. The van der Waals surface area contributed by atoms with Gasteiger partial charge in [-0.15, -0.1) is 0 Å². The van der Waals surface area contributed by atoms with Crippen LogP contribution in [-0.2, 0) is 4.79 Å². The molecule has 5 nitrogen and oxygen atoms in total. The zero-order chi connectivity index (χ0) is 16.4. The van der Waals surface area contributed by atoms with Crippen LogP contribution in [0.4, 0.5) is 10.5 Å². The number of amides is 3. The normalized spacial score (nSPS) is 18.6. The Hall–Kier alpha value is -2.04. The Balaban J connectivity index is 1.50. The average Bonchev–Trinajstić information content (AvgIpc) is 3.30. The molecule has 0 bridgehead atoms. The van der Waals surface area contributed by atoms with E-state index in [4.69, 9.17) is 0 Å². The third-order valence-corrected chi connectivity index (χ3v) is 4.55. The molecule has 5 heteroatoms. The molecule has 23 heavy (non-hydrogen) atoms. The summed E-state index contributed by atoms with van der Waals surface area (Å²) < 4.78 is 0. The van der Waals surface area contributed by atoms with E-state index in [1.807, 2.05) is 30.9 Å². The van der Waals surface area contributed by atoms with Crippen LogP contribution in [0.2, 0.25) is 0 Å². The minimum Gasteiger partial charge on any atom is -0.335 e. The highest BCUT2D eigenvalue weighted by Crippen LogP contribution is 2.23. The lowest BCUT2D eigenvalue weighted by Gasteiger charge is -2.31. The number of anilines is 1. The summed E-state index contributed by atoms with van der Waals surface area (Å²) in [5, 5.41) is 6.03. The summed E-state index contributed by atoms with van der Waals surface area (Å²) in [7, 11) is 0. The smallest absolute Gasteiger partial charge is 0.317 e. The molecule has 0 atom stereocenters. The van der Waals surface area contributed by atoms with Crippen molar-refractivity contribution in [1.82, 2.24) is 10.2 Å². The number of nitrogens with one attached hydrogen (secondary N) is 2. The molecule has 0 aromatic heterocycles. The minimum atomic E-state index is -0.0132. The lowest BCUT2D eigenvalue weighted by atomic mass is 9.96.